The van der Waals surface area contributed by atoms with E-state index in [0.717, 1.165) is 12.1 Å². The molecule has 0 fully saturated rings. The molecule has 0 aliphatic heterocycles. The molecule has 0 amide bonds. The van der Waals surface area contributed by atoms with Gasteiger partial charge >= 0.3 is 0 Å². The summed E-state index contributed by atoms with van der Waals surface area (Å²) in [6.07, 6.45) is 4.71. The second kappa shape index (κ2) is 8.56. The van der Waals surface area contributed by atoms with E-state index >= 15 is 0 Å². The van der Waals surface area contributed by atoms with Gasteiger partial charge < -0.3 is 19.5 Å². The van der Waals surface area contributed by atoms with Gasteiger partial charge in [0.25, 0.3) is 0 Å². The first-order valence-corrected chi connectivity index (χ1v) is 7.26. The molecule has 0 heterocycles. The van der Waals surface area contributed by atoms with Crippen molar-refractivity contribution in [3.63, 3.8) is 0 Å². The van der Waals surface area contributed by atoms with E-state index in [1.165, 1.54) is 19.3 Å². The number of hydrogen-bond acceptors (Lipinski definition) is 4. The lowest BCUT2D eigenvalue weighted by Crippen LogP contribution is -2.18. The minimum atomic E-state index is 0.470. The minimum Gasteiger partial charge on any atom is -0.493 e. The van der Waals surface area contributed by atoms with Gasteiger partial charge in [-0.05, 0) is 12.8 Å². The molecule has 1 aromatic rings. The van der Waals surface area contributed by atoms with E-state index < -0.39 is 0 Å². The zero-order valence-corrected chi connectivity index (χ0v) is 13.3. The molecule has 4 heteroatoms. The van der Waals surface area contributed by atoms with Gasteiger partial charge in [-0.1, -0.05) is 26.7 Å². The smallest absolute Gasteiger partial charge is 0.203 e. The van der Waals surface area contributed by atoms with Crippen LogP contribution in [-0.4, -0.2) is 27.4 Å². The van der Waals surface area contributed by atoms with Crippen molar-refractivity contribution in [2.45, 2.75) is 45.6 Å². The molecule has 20 heavy (non-hydrogen) atoms. The Kier molecular flexibility index (Phi) is 7.05. The fourth-order valence-corrected chi connectivity index (χ4v) is 2.23. The first-order valence-electron chi connectivity index (χ1n) is 7.26. The molecule has 1 unspecified atom stereocenters. The molecular formula is C16H27NO3. The number of anilines is 1. The summed E-state index contributed by atoms with van der Waals surface area (Å²) in [4.78, 5) is 0. The largest absolute Gasteiger partial charge is 0.493 e. The van der Waals surface area contributed by atoms with Crippen LogP contribution in [0.4, 0.5) is 5.69 Å². The maximum Gasteiger partial charge on any atom is 0.203 e. The Hall–Kier alpha value is -1.58. The van der Waals surface area contributed by atoms with Crippen molar-refractivity contribution in [1.29, 1.82) is 0 Å². The van der Waals surface area contributed by atoms with Gasteiger partial charge in [0.1, 0.15) is 0 Å². The average molecular weight is 281 g/mol. The normalized spacial score (nSPS) is 11.8. The fourth-order valence-electron chi connectivity index (χ4n) is 2.23. The van der Waals surface area contributed by atoms with Crippen LogP contribution in [0.5, 0.6) is 17.2 Å². The van der Waals surface area contributed by atoms with E-state index in [1.807, 2.05) is 12.1 Å². The molecule has 1 aromatic carbocycles. The Morgan fingerprint density at radius 3 is 2.00 bits per heavy atom. The topological polar surface area (TPSA) is 39.7 Å². The summed E-state index contributed by atoms with van der Waals surface area (Å²) in [5.41, 5.74) is 1.00. The Balaban J connectivity index is 2.94. The number of rotatable bonds is 9. The number of nitrogens with one attached hydrogen (secondary N) is 1. The predicted molar refractivity (Wildman–Crippen MR) is 83.3 cm³/mol. The Bertz CT molecular complexity index is 382. The van der Waals surface area contributed by atoms with Crippen molar-refractivity contribution in [1.82, 2.24) is 0 Å². The molecule has 1 rings (SSSR count). The van der Waals surface area contributed by atoms with E-state index in [-0.39, 0.29) is 0 Å². The van der Waals surface area contributed by atoms with Gasteiger partial charge in [0.15, 0.2) is 11.5 Å². The molecule has 114 valence electrons. The molecule has 0 aromatic heterocycles. The Labute approximate surface area is 122 Å². The lowest BCUT2D eigenvalue weighted by Gasteiger charge is -2.20. The molecule has 0 saturated heterocycles. The average Bonchev–Trinajstić information content (AvgIpc) is 2.50. The summed E-state index contributed by atoms with van der Waals surface area (Å²) >= 11 is 0. The van der Waals surface area contributed by atoms with Crippen LogP contribution in [0, 0.1) is 0 Å². The van der Waals surface area contributed by atoms with Crippen molar-refractivity contribution < 1.29 is 14.2 Å². The van der Waals surface area contributed by atoms with Crippen LogP contribution in [0.25, 0.3) is 0 Å². The molecule has 0 spiro atoms. The highest BCUT2D eigenvalue weighted by molar-refractivity contribution is 5.62. The number of ether oxygens (including phenoxy) is 3. The second-order valence-electron chi connectivity index (χ2n) is 4.81. The van der Waals surface area contributed by atoms with Crippen molar-refractivity contribution in [3.8, 4) is 17.2 Å². The highest BCUT2D eigenvalue weighted by Gasteiger charge is 2.14. The summed E-state index contributed by atoms with van der Waals surface area (Å²) in [5, 5.41) is 3.55. The van der Waals surface area contributed by atoms with Crippen LogP contribution in [0.1, 0.15) is 39.5 Å². The third-order valence-corrected chi connectivity index (χ3v) is 3.43. The first-order chi connectivity index (χ1) is 9.69. The molecule has 0 aliphatic carbocycles. The summed E-state index contributed by atoms with van der Waals surface area (Å²) in [6.45, 7) is 4.41. The van der Waals surface area contributed by atoms with E-state index in [1.54, 1.807) is 21.3 Å². The number of benzene rings is 1. The lowest BCUT2D eigenvalue weighted by atomic mass is 10.1. The zero-order valence-electron chi connectivity index (χ0n) is 13.3. The van der Waals surface area contributed by atoms with Gasteiger partial charge in [0.05, 0.1) is 21.3 Å². The van der Waals surface area contributed by atoms with Crippen LogP contribution in [0.15, 0.2) is 12.1 Å². The third kappa shape index (κ3) is 4.22. The highest BCUT2D eigenvalue weighted by Crippen LogP contribution is 2.40. The summed E-state index contributed by atoms with van der Waals surface area (Å²) < 4.78 is 16.1. The van der Waals surface area contributed by atoms with Crippen molar-refractivity contribution in [2.75, 3.05) is 26.6 Å². The van der Waals surface area contributed by atoms with Gasteiger partial charge in [-0.25, -0.2) is 0 Å². The van der Waals surface area contributed by atoms with Crippen molar-refractivity contribution >= 4 is 5.69 Å². The van der Waals surface area contributed by atoms with Gasteiger partial charge in [-0.2, -0.15) is 0 Å². The van der Waals surface area contributed by atoms with E-state index in [2.05, 4.69) is 19.2 Å². The number of methoxy groups -OCH3 is 3. The van der Waals surface area contributed by atoms with Crippen LogP contribution < -0.4 is 19.5 Å². The lowest BCUT2D eigenvalue weighted by molar-refractivity contribution is 0.324. The van der Waals surface area contributed by atoms with Gasteiger partial charge in [0.2, 0.25) is 5.75 Å². The molecule has 0 saturated carbocycles. The SMILES string of the molecule is CCCCC(CC)Nc1cc(OC)c(OC)c(OC)c1. The van der Waals surface area contributed by atoms with Crippen LogP contribution in [0.2, 0.25) is 0 Å². The molecule has 1 atom stereocenters. The van der Waals surface area contributed by atoms with Gasteiger partial charge in [-0.15, -0.1) is 0 Å². The van der Waals surface area contributed by atoms with E-state index in [4.69, 9.17) is 14.2 Å². The molecule has 4 nitrogen and oxygen atoms in total. The fraction of sp³-hybridized carbons (Fsp3) is 0.625. The predicted octanol–water partition coefficient (Wildman–Crippen LogP) is 4.09. The Morgan fingerprint density at radius 2 is 1.60 bits per heavy atom. The second-order valence-corrected chi connectivity index (χ2v) is 4.81. The monoisotopic (exact) mass is 281 g/mol. The highest BCUT2D eigenvalue weighted by atomic mass is 16.5. The van der Waals surface area contributed by atoms with E-state index in [0.29, 0.717) is 23.3 Å². The molecule has 0 radical (unpaired) electrons. The van der Waals surface area contributed by atoms with E-state index in [9.17, 15) is 0 Å². The molecular weight excluding hydrogens is 254 g/mol. The quantitative estimate of drug-likeness (QED) is 0.740. The van der Waals surface area contributed by atoms with Gasteiger partial charge in [0, 0.05) is 23.9 Å². The van der Waals surface area contributed by atoms with Crippen molar-refractivity contribution in [3.05, 3.63) is 12.1 Å². The zero-order chi connectivity index (χ0) is 15.0. The van der Waals surface area contributed by atoms with Gasteiger partial charge in [-0.3, -0.25) is 0 Å². The van der Waals surface area contributed by atoms with Crippen LogP contribution in [0.3, 0.4) is 0 Å². The number of unbranched alkanes of at least 4 members (excludes halogenated alkanes) is 1. The molecule has 0 aliphatic rings. The number of hydrogen-bond donors (Lipinski definition) is 1. The summed E-state index contributed by atoms with van der Waals surface area (Å²) in [5.74, 6) is 1.99. The maximum absolute atomic E-state index is 5.37. The molecule has 0 bridgehead atoms. The van der Waals surface area contributed by atoms with Crippen LogP contribution in [-0.2, 0) is 0 Å². The third-order valence-electron chi connectivity index (χ3n) is 3.43. The minimum absolute atomic E-state index is 0.470. The van der Waals surface area contributed by atoms with Crippen LogP contribution >= 0.6 is 0 Å². The van der Waals surface area contributed by atoms with Crippen molar-refractivity contribution in [2.24, 2.45) is 0 Å². The maximum atomic E-state index is 5.37. The first kappa shape index (κ1) is 16.5. The molecule has 1 N–H and O–H groups in total. The summed E-state index contributed by atoms with van der Waals surface area (Å²) in [6, 6.07) is 4.38. The standard InChI is InChI=1S/C16H27NO3/c1-6-8-9-12(7-2)17-13-10-14(18-3)16(20-5)15(11-13)19-4/h10-12,17H,6-9H2,1-5H3. The summed E-state index contributed by atoms with van der Waals surface area (Å²) in [7, 11) is 4.88. The Morgan fingerprint density at radius 1 is 1.00 bits per heavy atom.